The molecule has 66 heavy (non-hydrogen) atoms. The van der Waals surface area contributed by atoms with Crippen LogP contribution in [-0.2, 0) is 0 Å². The van der Waals surface area contributed by atoms with Crippen LogP contribution in [0.25, 0.3) is 111 Å². The highest BCUT2D eigenvalue weighted by Crippen LogP contribution is 2.39. The summed E-state index contributed by atoms with van der Waals surface area (Å²) in [6.45, 7) is 8.61. The summed E-state index contributed by atoms with van der Waals surface area (Å²) in [7, 11) is 0. The highest BCUT2D eigenvalue weighted by molar-refractivity contribution is 6.12. The van der Waals surface area contributed by atoms with E-state index in [0.29, 0.717) is 0 Å². The molecule has 0 aliphatic rings. The van der Waals surface area contributed by atoms with Crippen LogP contribution in [0.5, 0.6) is 0 Å². The zero-order chi connectivity index (χ0) is 44.5. The van der Waals surface area contributed by atoms with Crippen LogP contribution in [0.4, 0.5) is 0 Å². The second kappa shape index (κ2) is 15.7. The molecule has 12 aromatic rings. The van der Waals surface area contributed by atoms with Gasteiger partial charge in [-0.25, -0.2) is 9.97 Å². The Morgan fingerprint density at radius 1 is 0.303 bits per heavy atom. The fourth-order valence-corrected chi connectivity index (χ4v) is 9.92. The van der Waals surface area contributed by atoms with Gasteiger partial charge in [0.25, 0.3) is 0 Å². The second-order valence-electron chi connectivity index (χ2n) is 17.7. The Morgan fingerprint density at radius 2 is 0.727 bits per heavy atom. The normalized spacial score (nSPS) is 11.6. The molecule has 0 bridgehead atoms. The Balaban J connectivity index is 0.856. The molecule has 4 heteroatoms. The zero-order valence-corrected chi connectivity index (χ0v) is 37.4. The number of para-hydroxylation sites is 3. The molecule has 3 aromatic heterocycles. The van der Waals surface area contributed by atoms with E-state index in [4.69, 9.17) is 9.97 Å². The fraction of sp³-hybridized carbons (Fsp3) is 0.0645. The lowest BCUT2D eigenvalue weighted by molar-refractivity contribution is 1.17. The van der Waals surface area contributed by atoms with E-state index in [1.807, 2.05) is 0 Å². The number of nitrogens with zero attached hydrogens (tertiary/aromatic N) is 4. The summed E-state index contributed by atoms with van der Waals surface area (Å²) in [5, 5.41) is 5.01. The molecule has 0 spiro atoms. The number of aryl methyl sites for hydroxylation is 4. The summed E-state index contributed by atoms with van der Waals surface area (Å²) in [5.41, 5.74) is 21.7. The molecule has 0 aliphatic carbocycles. The number of rotatable bonds is 7. The summed E-state index contributed by atoms with van der Waals surface area (Å²) >= 11 is 0. The fourth-order valence-electron chi connectivity index (χ4n) is 9.92. The van der Waals surface area contributed by atoms with Crippen LogP contribution in [0.1, 0.15) is 22.3 Å². The van der Waals surface area contributed by atoms with Crippen molar-refractivity contribution in [2.45, 2.75) is 27.7 Å². The third-order valence-electron chi connectivity index (χ3n) is 13.4. The van der Waals surface area contributed by atoms with Crippen molar-refractivity contribution in [3.8, 4) is 67.5 Å². The third kappa shape index (κ3) is 6.69. The van der Waals surface area contributed by atoms with Crippen molar-refractivity contribution in [2.75, 3.05) is 0 Å². The minimum absolute atomic E-state index is 0.730. The van der Waals surface area contributed by atoms with Gasteiger partial charge in [-0.1, -0.05) is 157 Å². The lowest BCUT2D eigenvalue weighted by Crippen LogP contribution is -1.98. The molecule has 314 valence electrons. The van der Waals surface area contributed by atoms with Gasteiger partial charge in [0.05, 0.1) is 33.5 Å². The van der Waals surface area contributed by atoms with Gasteiger partial charge in [-0.2, -0.15) is 0 Å². The maximum absolute atomic E-state index is 5.17. The Labute approximate surface area is 384 Å². The molecule has 0 fully saturated rings. The number of benzene rings is 9. The molecule has 0 saturated heterocycles. The topological polar surface area (TPSA) is 35.6 Å². The van der Waals surface area contributed by atoms with Gasteiger partial charge in [-0.05, 0) is 122 Å². The first-order chi connectivity index (χ1) is 32.3. The van der Waals surface area contributed by atoms with Crippen LogP contribution >= 0.6 is 0 Å². The van der Waals surface area contributed by atoms with Gasteiger partial charge < -0.3 is 9.13 Å². The van der Waals surface area contributed by atoms with Crippen molar-refractivity contribution in [3.05, 3.63) is 229 Å². The molecule has 0 amide bonds. The Morgan fingerprint density at radius 3 is 1.33 bits per heavy atom. The average Bonchev–Trinajstić information content (AvgIpc) is 3.87. The van der Waals surface area contributed by atoms with Crippen LogP contribution in [0.15, 0.2) is 206 Å². The minimum Gasteiger partial charge on any atom is -0.309 e. The first kappa shape index (κ1) is 39.3. The number of hydrogen-bond acceptors (Lipinski definition) is 2. The standard InChI is InChI=1S/C62H46N4/c1-39-17-21-46(22-18-39)56-38-57(64-62(63-56)47-23-19-40(2)20-24-47)54-36-41(3)53(35-42(54)4)45-27-25-43(26-28-45)44-29-31-48(32-30-44)65-60-16-10-7-13-52(60)55-37-49(33-34-61(55)65)66-58-14-8-5-11-50(58)51-12-6-9-15-59(51)66/h5-38H,1-4H3. The SMILES string of the molecule is Cc1ccc(-c2cc(-c3cc(C)c(-c4ccc(-c5ccc(-n6c7ccccc7c7cc(-n8c9ccccc9c9ccccc98)ccc76)cc5)cc4)cc3C)nc(-c3ccc(C)cc3)n2)cc1. The molecular weight excluding hydrogens is 801 g/mol. The van der Waals surface area contributed by atoms with E-state index < -0.39 is 0 Å². The van der Waals surface area contributed by atoms with Crippen molar-refractivity contribution in [1.82, 2.24) is 19.1 Å². The van der Waals surface area contributed by atoms with Crippen LogP contribution in [0, 0.1) is 27.7 Å². The first-order valence-electron chi connectivity index (χ1n) is 22.7. The summed E-state index contributed by atoms with van der Waals surface area (Å²) in [6.07, 6.45) is 0. The van der Waals surface area contributed by atoms with E-state index in [1.54, 1.807) is 0 Å². The van der Waals surface area contributed by atoms with Gasteiger partial charge in [0.1, 0.15) is 0 Å². The average molecular weight is 847 g/mol. The Bertz CT molecular complexity index is 3700. The van der Waals surface area contributed by atoms with Crippen molar-refractivity contribution < 1.29 is 0 Å². The predicted octanol–water partition coefficient (Wildman–Crippen LogP) is 16.2. The smallest absolute Gasteiger partial charge is 0.160 e. The van der Waals surface area contributed by atoms with Crippen LogP contribution in [0.3, 0.4) is 0 Å². The van der Waals surface area contributed by atoms with E-state index in [-0.39, 0.29) is 0 Å². The van der Waals surface area contributed by atoms with Gasteiger partial charge in [0.15, 0.2) is 5.82 Å². The quantitative estimate of drug-likeness (QED) is 0.160. The van der Waals surface area contributed by atoms with Crippen LogP contribution in [0.2, 0.25) is 0 Å². The van der Waals surface area contributed by atoms with Crippen molar-refractivity contribution >= 4 is 43.6 Å². The maximum Gasteiger partial charge on any atom is 0.160 e. The minimum atomic E-state index is 0.730. The molecule has 0 N–H and O–H groups in total. The summed E-state index contributed by atoms with van der Waals surface area (Å²) in [4.78, 5) is 10.2. The maximum atomic E-state index is 5.17. The van der Waals surface area contributed by atoms with E-state index in [2.05, 4.69) is 243 Å². The van der Waals surface area contributed by atoms with Gasteiger partial charge in [-0.15, -0.1) is 0 Å². The lowest BCUT2D eigenvalue weighted by Gasteiger charge is -2.15. The molecule has 0 atom stereocenters. The number of aromatic nitrogens is 4. The molecule has 0 saturated carbocycles. The van der Waals surface area contributed by atoms with Gasteiger partial charge in [0.2, 0.25) is 0 Å². The van der Waals surface area contributed by atoms with E-state index in [9.17, 15) is 0 Å². The highest BCUT2D eigenvalue weighted by atomic mass is 15.0. The van der Waals surface area contributed by atoms with E-state index in [1.165, 1.54) is 88.1 Å². The zero-order valence-electron chi connectivity index (χ0n) is 37.4. The first-order valence-corrected chi connectivity index (χ1v) is 22.7. The molecule has 3 heterocycles. The van der Waals surface area contributed by atoms with Crippen LogP contribution < -0.4 is 0 Å². The summed E-state index contributed by atoms with van der Waals surface area (Å²) in [5.74, 6) is 0.730. The third-order valence-corrected chi connectivity index (χ3v) is 13.4. The molecule has 9 aromatic carbocycles. The molecular formula is C62H46N4. The van der Waals surface area contributed by atoms with Crippen LogP contribution in [-0.4, -0.2) is 19.1 Å². The lowest BCUT2D eigenvalue weighted by atomic mass is 9.92. The Kier molecular flexibility index (Phi) is 9.35. The predicted molar refractivity (Wildman–Crippen MR) is 277 cm³/mol. The van der Waals surface area contributed by atoms with Crippen molar-refractivity contribution in [2.24, 2.45) is 0 Å². The molecule has 0 radical (unpaired) electrons. The van der Waals surface area contributed by atoms with Gasteiger partial charge in [0, 0.05) is 49.6 Å². The monoisotopic (exact) mass is 846 g/mol. The van der Waals surface area contributed by atoms with E-state index >= 15 is 0 Å². The van der Waals surface area contributed by atoms with Crippen molar-refractivity contribution in [3.63, 3.8) is 0 Å². The largest absolute Gasteiger partial charge is 0.309 e. The molecule has 0 unspecified atom stereocenters. The van der Waals surface area contributed by atoms with Crippen molar-refractivity contribution in [1.29, 1.82) is 0 Å². The number of hydrogen-bond donors (Lipinski definition) is 0. The molecule has 12 rings (SSSR count). The second-order valence-corrected chi connectivity index (χ2v) is 17.7. The summed E-state index contributed by atoms with van der Waals surface area (Å²) < 4.78 is 4.80. The summed E-state index contributed by atoms with van der Waals surface area (Å²) in [6, 6.07) is 74.9. The molecule has 4 nitrogen and oxygen atoms in total. The van der Waals surface area contributed by atoms with Gasteiger partial charge in [-0.3, -0.25) is 0 Å². The van der Waals surface area contributed by atoms with E-state index in [0.717, 1.165) is 45.3 Å². The Hall–Kier alpha value is -8.34. The molecule has 0 aliphatic heterocycles. The highest BCUT2D eigenvalue weighted by Gasteiger charge is 2.18. The number of fused-ring (bicyclic) bond motifs is 6. The van der Waals surface area contributed by atoms with Gasteiger partial charge >= 0.3 is 0 Å².